The maximum atomic E-state index is 11.5. The van der Waals surface area contributed by atoms with Crippen molar-refractivity contribution in [3.05, 3.63) is 69.2 Å². The number of hydrogen-bond donors (Lipinski definition) is 4. The second-order valence-corrected chi connectivity index (χ2v) is 8.16. The molecule has 160 valence electrons. The molecule has 1 unspecified atom stereocenters. The number of hydrogen-bond acceptors (Lipinski definition) is 7. The van der Waals surface area contributed by atoms with Crippen LogP contribution >= 0.6 is 11.6 Å². The Hall–Kier alpha value is -1.84. The molecule has 7 nitrogen and oxygen atoms in total. The van der Waals surface area contributed by atoms with Crippen molar-refractivity contribution in [2.24, 2.45) is 0 Å². The van der Waals surface area contributed by atoms with Crippen LogP contribution in [0.4, 0.5) is 0 Å². The predicted molar refractivity (Wildman–Crippen MR) is 107 cm³/mol. The van der Waals surface area contributed by atoms with E-state index in [1.54, 1.807) is 24.3 Å². The minimum atomic E-state index is -1.71. The molecule has 0 radical (unpaired) electrons. The second kappa shape index (κ2) is 8.01. The monoisotopic (exact) mass is 434 g/mol. The van der Waals surface area contributed by atoms with Crippen molar-refractivity contribution < 1.29 is 34.7 Å². The first-order chi connectivity index (χ1) is 14.3. The highest BCUT2D eigenvalue weighted by Crippen LogP contribution is 2.47. The van der Waals surface area contributed by atoms with Crippen LogP contribution in [0.15, 0.2) is 36.4 Å². The lowest BCUT2D eigenvalue weighted by Gasteiger charge is -2.46. The van der Waals surface area contributed by atoms with Gasteiger partial charge in [-0.05, 0) is 42.2 Å². The molecule has 2 heterocycles. The van der Waals surface area contributed by atoms with Crippen LogP contribution in [0, 0.1) is 0 Å². The average Bonchev–Trinajstić information content (AvgIpc) is 3.08. The Morgan fingerprint density at radius 3 is 2.50 bits per heavy atom. The van der Waals surface area contributed by atoms with E-state index in [0.29, 0.717) is 28.1 Å². The van der Waals surface area contributed by atoms with E-state index in [-0.39, 0.29) is 12.4 Å². The normalized spacial score (nSPS) is 30.5. The number of aliphatic hydroxyl groups is 4. The molecule has 0 amide bonds. The van der Waals surface area contributed by atoms with Crippen molar-refractivity contribution in [2.75, 3.05) is 6.61 Å². The third-order valence-electron chi connectivity index (χ3n) is 5.79. The molecular weight excluding hydrogens is 412 g/mol. The van der Waals surface area contributed by atoms with Crippen LogP contribution in [0.5, 0.6) is 0 Å². The van der Waals surface area contributed by atoms with Gasteiger partial charge in [-0.2, -0.15) is 0 Å². The number of carbonyl (C=O) groups excluding carboxylic acids is 1. The maximum Gasteiger partial charge on any atom is 0.225 e. The highest BCUT2D eigenvalue weighted by molar-refractivity contribution is 6.31. The molecule has 2 aromatic carbocycles. The minimum absolute atomic E-state index is 0.0150. The Kier molecular flexibility index (Phi) is 5.71. The highest BCUT2D eigenvalue weighted by Gasteiger charge is 2.58. The molecule has 4 N–H and O–H groups in total. The van der Waals surface area contributed by atoms with Gasteiger partial charge in [-0.15, -0.1) is 0 Å². The van der Waals surface area contributed by atoms with E-state index in [1.165, 1.54) is 6.92 Å². The summed E-state index contributed by atoms with van der Waals surface area (Å²) in [4.78, 5) is 11.5. The number of benzene rings is 2. The van der Waals surface area contributed by atoms with E-state index in [0.717, 1.165) is 11.1 Å². The zero-order valence-electron chi connectivity index (χ0n) is 16.3. The summed E-state index contributed by atoms with van der Waals surface area (Å²) in [6, 6.07) is 10.7. The van der Waals surface area contributed by atoms with E-state index < -0.39 is 36.8 Å². The van der Waals surface area contributed by atoms with Gasteiger partial charge >= 0.3 is 0 Å². The third kappa shape index (κ3) is 3.46. The summed E-state index contributed by atoms with van der Waals surface area (Å²) in [7, 11) is 0. The molecule has 30 heavy (non-hydrogen) atoms. The molecule has 0 saturated carbocycles. The summed E-state index contributed by atoms with van der Waals surface area (Å²) in [5, 5.41) is 41.1. The van der Waals surface area contributed by atoms with E-state index in [1.807, 2.05) is 12.1 Å². The summed E-state index contributed by atoms with van der Waals surface area (Å²) in [6.45, 7) is 1.06. The lowest BCUT2D eigenvalue weighted by molar-refractivity contribution is -0.368. The molecule has 0 bridgehead atoms. The van der Waals surface area contributed by atoms with Crippen molar-refractivity contribution in [1.82, 2.24) is 0 Å². The lowest BCUT2D eigenvalue weighted by Crippen LogP contribution is -2.63. The lowest BCUT2D eigenvalue weighted by atomic mass is 9.86. The first-order valence-electron chi connectivity index (χ1n) is 9.65. The first kappa shape index (κ1) is 21.4. The SMILES string of the molecule is CC(=O)c1ccc(Cc2cc3c(cc2Cl)COC32O[C@H](CO)[C@@H](O)[C@H](O)[C@H]2O)cc1. The molecule has 1 spiro atoms. The second-order valence-electron chi connectivity index (χ2n) is 7.75. The van der Waals surface area contributed by atoms with Crippen LogP contribution in [0.3, 0.4) is 0 Å². The molecule has 1 saturated heterocycles. The van der Waals surface area contributed by atoms with Gasteiger partial charge in [0.2, 0.25) is 5.79 Å². The van der Waals surface area contributed by atoms with Gasteiger partial charge in [0.25, 0.3) is 0 Å². The zero-order valence-corrected chi connectivity index (χ0v) is 17.0. The Labute approximate surface area is 178 Å². The minimum Gasteiger partial charge on any atom is -0.394 e. The van der Waals surface area contributed by atoms with Crippen LogP contribution in [0.25, 0.3) is 0 Å². The maximum absolute atomic E-state index is 11.5. The Bertz CT molecular complexity index is 959. The molecule has 2 aliphatic heterocycles. The number of carbonyl (C=O) groups is 1. The Morgan fingerprint density at radius 1 is 1.17 bits per heavy atom. The van der Waals surface area contributed by atoms with Gasteiger partial charge in [0.1, 0.15) is 24.4 Å². The van der Waals surface area contributed by atoms with Crippen LogP contribution < -0.4 is 0 Å². The van der Waals surface area contributed by atoms with E-state index in [4.69, 9.17) is 21.1 Å². The fourth-order valence-corrected chi connectivity index (χ4v) is 4.31. The smallest absolute Gasteiger partial charge is 0.225 e. The van der Waals surface area contributed by atoms with Gasteiger partial charge in [-0.25, -0.2) is 0 Å². The van der Waals surface area contributed by atoms with E-state index >= 15 is 0 Å². The molecule has 0 aromatic heterocycles. The number of rotatable bonds is 4. The van der Waals surface area contributed by atoms with Crippen molar-refractivity contribution in [3.63, 3.8) is 0 Å². The van der Waals surface area contributed by atoms with Gasteiger partial charge in [0.15, 0.2) is 5.78 Å². The number of halogens is 1. The number of ketones is 1. The zero-order chi connectivity index (χ0) is 21.6. The summed E-state index contributed by atoms with van der Waals surface area (Å²) in [5.41, 5.74) is 3.48. The molecular formula is C22H23ClO7. The van der Waals surface area contributed by atoms with Gasteiger partial charge in [-0.1, -0.05) is 35.9 Å². The van der Waals surface area contributed by atoms with Crippen molar-refractivity contribution >= 4 is 17.4 Å². The number of aliphatic hydroxyl groups excluding tert-OH is 4. The standard InChI is InChI=1S/C22H23ClO7/c1-11(25)13-4-2-12(3-5-13)6-14-7-16-15(8-17(14)23)10-29-22(16)21(28)20(27)19(26)18(9-24)30-22/h2-5,7-8,18-21,24,26-28H,6,9-10H2,1H3/t18-,19-,20+,21-,22?/m1/s1. The molecule has 0 aliphatic carbocycles. The van der Waals surface area contributed by atoms with Gasteiger partial charge < -0.3 is 29.9 Å². The summed E-state index contributed by atoms with van der Waals surface area (Å²) < 4.78 is 11.5. The Morgan fingerprint density at radius 2 is 1.87 bits per heavy atom. The fraction of sp³-hybridized carbons (Fsp3) is 0.409. The summed E-state index contributed by atoms with van der Waals surface area (Å²) in [6.07, 6.45) is -5.21. The van der Waals surface area contributed by atoms with Gasteiger partial charge in [0, 0.05) is 16.1 Å². The van der Waals surface area contributed by atoms with E-state index in [9.17, 15) is 25.2 Å². The number of Topliss-reactive ketones (excluding diaryl/α,β-unsaturated/α-hetero) is 1. The Balaban J connectivity index is 1.70. The van der Waals surface area contributed by atoms with Gasteiger partial charge in [-0.3, -0.25) is 4.79 Å². The summed E-state index contributed by atoms with van der Waals surface area (Å²) >= 11 is 6.47. The predicted octanol–water partition coefficient (Wildman–Crippen LogP) is 1.29. The molecule has 2 aliphatic rings. The number of ether oxygens (including phenoxy) is 2. The van der Waals surface area contributed by atoms with E-state index in [2.05, 4.69) is 0 Å². The largest absolute Gasteiger partial charge is 0.394 e. The third-order valence-corrected chi connectivity index (χ3v) is 6.15. The van der Waals surface area contributed by atoms with Crippen LogP contribution in [0.2, 0.25) is 5.02 Å². The van der Waals surface area contributed by atoms with Crippen LogP contribution in [-0.4, -0.2) is 57.2 Å². The highest BCUT2D eigenvalue weighted by atomic mass is 35.5. The summed E-state index contributed by atoms with van der Waals surface area (Å²) in [5.74, 6) is -1.72. The van der Waals surface area contributed by atoms with Crippen molar-refractivity contribution in [2.45, 2.75) is 50.2 Å². The van der Waals surface area contributed by atoms with Crippen molar-refractivity contribution in [1.29, 1.82) is 0 Å². The molecule has 5 atom stereocenters. The van der Waals surface area contributed by atoms with Crippen LogP contribution in [0.1, 0.15) is 39.5 Å². The van der Waals surface area contributed by atoms with Crippen LogP contribution in [-0.2, 0) is 28.3 Å². The molecule has 1 fully saturated rings. The van der Waals surface area contributed by atoms with Gasteiger partial charge in [0.05, 0.1) is 13.2 Å². The molecule has 2 aromatic rings. The fourth-order valence-electron chi connectivity index (χ4n) is 4.06. The molecule has 4 rings (SSSR count). The topological polar surface area (TPSA) is 116 Å². The number of fused-ring (bicyclic) bond motifs is 2. The first-order valence-corrected chi connectivity index (χ1v) is 10.0. The average molecular weight is 435 g/mol. The van der Waals surface area contributed by atoms with Crippen molar-refractivity contribution in [3.8, 4) is 0 Å². The quantitative estimate of drug-likeness (QED) is 0.536. The molecule has 8 heteroatoms.